The van der Waals surface area contributed by atoms with Crippen LogP contribution in [0, 0.1) is 5.82 Å². The topological polar surface area (TPSA) is 49.4 Å². The smallest absolute Gasteiger partial charge is 0.242 e. The summed E-state index contributed by atoms with van der Waals surface area (Å²) in [5, 5.41) is 2.92. The van der Waals surface area contributed by atoms with E-state index in [4.69, 9.17) is 0 Å². The molecule has 1 N–H and O–H groups in total. The zero-order valence-electron chi connectivity index (χ0n) is 17.2. The van der Waals surface area contributed by atoms with Gasteiger partial charge in [-0.3, -0.25) is 9.59 Å². The second-order valence-corrected chi connectivity index (χ2v) is 8.19. The van der Waals surface area contributed by atoms with Crippen molar-refractivity contribution in [1.29, 1.82) is 0 Å². The molecule has 0 bridgehead atoms. The standard InChI is InChI=1S/C23H29FN2O2S/c1-4-17(2)25-23(28)18(3)26(16-19-10-8-9-13-21(19)24)22(27)14-15-29-20-11-6-5-7-12-20/h5-13,17-18H,4,14-16H2,1-3H3,(H,25,28)/t17-,18-/m0/s1. The van der Waals surface area contributed by atoms with E-state index in [1.165, 1.54) is 11.0 Å². The normalized spacial score (nSPS) is 12.8. The number of hydrogen-bond donors (Lipinski definition) is 1. The molecule has 0 fully saturated rings. The van der Waals surface area contributed by atoms with Crippen LogP contribution in [0.15, 0.2) is 59.5 Å². The lowest BCUT2D eigenvalue weighted by molar-refractivity contribution is -0.140. The average molecular weight is 417 g/mol. The summed E-state index contributed by atoms with van der Waals surface area (Å²) >= 11 is 1.59. The van der Waals surface area contributed by atoms with E-state index < -0.39 is 6.04 Å². The fourth-order valence-corrected chi connectivity index (χ4v) is 3.64. The van der Waals surface area contributed by atoms with Crippen molar-refractivity contribution in [3.63, 3.8) is 0 Å². The minimum absolute atomic E-state index is 0.0176. The molecule has 2 atom stereocenters. The molecule has 0 radical (unpaired) electrons. The number of thioether (sulfide) groups is 1. The Morgan fingerprint density at radius 2 is 1.72 bits per heavy atom. The van der Waals surface area contributed by atoms with E-state index in [1.54, 1.807) is 36.9 Å². The van der Waals surface area contributed by atoms with Crippen LogP contribution in [-0.2, 0) is 16.1 Å². The second kappa shape index (κ2) is 11.6. The van der Waals surface area contributed by atoms with Gasteiger partial charge in [-0.1, -0.05) is 43.3 Å². The van der Waals surface area contributed by atoms with Gasteiger partial charge >= 0.3 is 0 Å². The van der Waals surface area contributed by atoms with Gasteiger partial charge in [-0.15, -0.1) is 11.8 Å². The molecule has 29 heavy (non-hydrogen) atoms. The number of carbonyl (C=O) groups is 2. The van der Waals surface area contributed by atoms with Gasteiger partial charge in [0.1, 0.15) is 11.9 Å². The van der Waals surface area contributed by atoms with Crippen molar-refractivity contribution >= 4 is 23.6 Å². The molecular weight excluding hydrogens is 387 g/mol. The van der Waals surface area contributed by atoms with Crippen molar-refractivity contribution in [1.82, 2.24) is 10.2 Å². The lowest BCUT2D eigenvalue weighted by Gasteiger charge is -2.30. The molecule has 0 aromatic heterocycles. The minimum Gasteiger partial charge on any atom is -0.352 e. The molecule has 0 spiro atoms. The van der Waals surface area contributed by atoms with E-state index in [2.05, 4.69) is 5.32 Å². The monoisotopic (exact) mass is 416 g/mol. The first-order valence-electron chi connectivity index (χ1n) is 9.93. The number of benzene rings is 2. The first kappa shape index (κ1) is 22.9. The predicted octanol–water partition coefficient (Wildman–Crippen LogP) is 4.64. The molecule has 0 saturated carbocycles. The first-order chi connectivity index (χ1) is 13.9. The van der Waals surface area contributed by atoms with Gasteiger partial charge in [-0.2, -0.15) is 0 Å². The molecule has 2 aromatic rings. The van der Waals surface area contributed by atoms with E-state index in [1.807, 2.05) is 44.2 Å². The summed E-state index contributed by atoms with van der Waals surface area (Å²) in [6.07, 6.45) is 1.07. The zero-order chi connectivity index (χ0) is 21.2. The number of nitrogens with zero attached hydrogens (tertiary/aromatic N) is 1. The highest BCUT2D eigenvalue weighted by Gasteiger charge is 2.27. The fraction of sp³-hybridized carbons (Fsp3) is 0.391. The molecule has 0 saturated heterocycles. The third-order valence-electron chi connectivity index (χ3n) is 4.79. The SMILES string of the molecule is CC[C@H](C)NC(=O)[C@H](C)N(Cc1ccccc1F)C(=O)CCSc1ccccc1. The molecule has 2 amide bonds. The maximum Gasteiger partial charge on any atom is 0.242 e. The Hall–Kier alpha value is -2.34. The summed E-state index contributed by atoms with van der Waals surface area (Å²) in [5.74, 6) is -0.169. The van der Waals surface area contributed by atoms with Crippen LogP contribution >= 0.6 is 11.8 Å². The Morgan fingerprint density at radius 1 is 1.07 bits per heavy atom. The van der Waals surface area contributed by atoms with Crippen LogP contribution < -0.4 is 5.32 Å². The van der Waals surface area contributed by atoms with Crippen LogP contribution in [0.25, 0.3) is 0 Å². The summed E-state index contributed by atoms with van der Waals surface area (Å²) in [6, 6.07) is 15.5. The highest BCUT2D eigenvalue weighted by molar-refractivity contribution is 7.99. The van der Waals surface area contributed by atoms with Gasteiger partial charge in [0, 0.05) is 35.2 Å². The Morgan fingerprint density at radius 3 is 2.38 bits per heavy atom. The summed E-state index contributed by atoms with van der Waals surface area (Å²) in [4.78, 5) is 28.1. The Kier molecular flexibility index (Phi) is 9.19. The van der Waals surface area contributed by atoms with Crippen molar-refractivity contribution < 1.29 is 14.0 Å². The van der Waals surface area contributed by atoms with Crippen molar-refractivity contribution in [2.24, 2.45) is 0 Å². The van der Waals surface area contributed by atoms with Crippen LogP contribution in [0.1, 0.15) is 39.2 Å². The van der Waals surface area contributed by atoms with Crippen molar-refractivity contribution in [2.45, 2.75) is 57.1 Å². The number of rotatable bonds is 10. The fourth-order valence-electron chi connectivity index (χ4n) is 2.77. The summed E-state index contributed by atoms with van der Waals surface area (Å²) in [6.45, 7) is 5.67. The highest BCUT2D eigenvalue weighted by Crippen LogP contribution is 2.20. The molecule has 0 aliphatic rings. The van der Waals surface area contributed by atoms with Crippen molar-refractivity contribution in [3.05, 3.63) is 66.0 Å². The predicted molar refractivity (Wildman–Crippen MR) is 116 cm³/mol. The third kappa shape index (κ3) is 7.20. The quantitative estimate of drug-likeness (QED) is 0.574. The van der Waals surface area contributed by atoms with Gasteiger partial charge in [0.25, 0.3) is 0 Å². The number of amides is 2. The van der Waals surface area contributed by atoms with Crippen LogP contribution in [0.3, 0.4) is 0 Å². The van der Waals surface area contributed by atoms with Crippen molar-refractivity contribution in [2.75, 3.05) is 5.75 Å². The minimum atomic E-state index is -0.683. The van der Waals surface area contributed by atoms with Crippen LogP contribution in [0.4, 0.5) is 4.39 Å². The van der Waals surface area contributed by atoms with E-state index in [-0.39, 0.29) is 36.6 Å². The summed E-state index contributed by atoms with van der Waals surface area (Å²) < 4.78 is 14.2. The van der Waals surface area contributed by atoms with Gasteiger partial charge in [0.15, 0.2) is 0 Å². The number of carbonyl (C=O) groups excluding carboxylic acids is 2. The molecule has 0 aliphatic carbocycles. The Bertz CT molecular complexity index is 800. The van der Waals surface area contributed by atoms with E-state index in [9.17, 15) is 14.0 Å². The molecule has 0 heterocycles. The lowest BCUT2D eigenvalue weighted by atomic mass is 10.1. The molecule has 0 unspecified atom stereocenters. The average Bonchev–Trinajstić information content (AvgIpc) is 2.73. The Balaban J connectivity index is 2.08. The maximum atomic E-state index is 14.2. The molecule has 4 nitrogen and oxygen atoms in total. The van der Waals surface area contributed by atoms with Gasteiger partial charge in [-0.05, 0) is 38.5 Å². The zero-order valence-corrected chi connectivity index (χ0v) is 18.0. The third-order valence-corrected chi connectivity index (χ3v) is 5.81. The second-order valence-electron chi connectivity index (χ2n) is 7.02. The first-order valence-corrected chi connectivity index (χ1v) is 10.9. The Labute approximate surface area is 176 Å². The lowest BCUT2D eigenvalue weighted by Crippen LogP contribution is -2.49. The maximum absolute atomic E-state index is 14.2. The van der Waals surface area contributed by atoms with Crippen LogP contribution in [0.2, 0.25) is 0 Å². The van der Waals surface area contributed by atoms with E-state index in [0.29, 0.717) is 11.3 Å². The van der Waals surface area contributed by atoms with Gasteiger partial charge in [0.05, 0.1) is 0 Å². The molecule has 156 valence electrons. The number of nitrogens with one attached hydrogen (secondary N) is 1. The molecule has 6 heteroatoms. The van der Waals surface area contributed by atoms with E-state index >= 15 is 0 Å². The van der Waals surface area contributed by atoms with Gasteiger partial charge in [0.2, 0.25) is 11.8 Å². The highest BCUT2D eigenvalue weighted by atomic mass is 32.2. The largest absolute Gasteiger partial charge is 0.352 e. The van der Waals surface area contributed by atoms with Crippen molar-refractivity contribution in [3.8, 4) is 0 Å². The summed E-state index contributed by atoms with van der Waals surface area (Å²) in [5.41, 5.74) is 0.403. The van der Waals surface area contributed by atoms with Crippen LogP contribution in [-0.4, -0.2) is 34.6 Å². The van der Waals surface area contributed by atoms with E-state index in [0.717, 1.165) is 11.3 Å². The molecule has 2 rings (SSSR count). The number of hydrogen-bond acceptors (Lipinski definition) is 3. The van der Waals surface area contributed by atoms with Gasteiger partial charge < -0.3 is 10.2 Å². The molecule has 0 aliphatic heterocycles. The molecule has 2 aromatic carbocycles. The number of halogens is 1. The van der Waals surface area contributed by atoms with Gasteiger partial charge in [-0.25, -0.2) is 4.39 Å². The summed E-state index contributed by atoms with van der Waals surface area (Å²) in [7, 11) is 0. The van der Waals surface area contributed by atoms with Crippen LogP contribution in [0.5, 0.6) is 0 Å². The molecular formula is C23H29FN2O2S.